The Kier molecular flexibility index (Phi) is 4.99. The minimum atomic E-state index is -0.774. The Morgan fingerprint density at radius 2 is 1.92 bits per heavy atom. The number of aromatic nitrogens is 2. The Balaban J connectivity index is 1.71. The van der Waals surface area contributed by atoms with Gasteiger partial charge in [-0.1, -0.05) is 30.3 Å². The van der Waals surface area contributed by atoms with E-state index in [1.165, 1.54) is 0 Å². The number of amides is 1. The average molecular weight is 392 g/mol. The lowest BCUT2D eigenvalue weighted by molar-refractivity contribution is -0.138. The summed E-state index contributed by atoms with van der Waals surface area (Å²) in [4.78, 5) is 25.2. The summed E-state index contributed by atoms with van der Waals surface area (Å²) in [5.74, 6) is -0.731. The number of benzene rings is 1. The van der Waals surface area contributed by atoms with Crippen LogP contribution >= 0.6 is 15.9 Å². The van der Waals surface area contributed by atoms with Gasteiger partial charge in [0.2, 0.25) is 0 Å². The molecule has 0 bridgehead atoms. The van der Waals surface area contributed by atoms with Crippen molar-refractivity contribution in [3.05, 3.63) is 40.5 Å². The summed E-state index contributed by atoms with van der Waals surface area (Å²) in [5, 5.41) is 16.0. The molecule has 0 aliphatic carbocycles. The molecule has 3 rings (SSSR count). The standard InChI is InChI=1S/C17H18BrN3O3/c18-14-15(12-4-2-1-3-5-12)19-20-16(14)17(24)21-8-6-11(7-9-21)10-13(22)23/h1-5,11H,6-10H2,(H,19,20)(H,22,23). The predicted octanol–water partition coefficient (Wildman–Crippen LogP) is 3.17. The van der Waals surface area contributed by atoms with E-state index in [9.17, 15) is 9.59 Å². The number of nitrogens with zero attached hydrogens (tertiary/aromatic N) is 2. The van der Waals surface area contributed by atoms with Gasteiger partial charge >= 0.3 is 5.97 Å². The van der Waals surface area contributed by atoms with E-state index in [1.54, 1.807) is 4.90 Å². The van der Waals surface area contributed by atoms with Crippen LogP contribution in [0.2, 0.25) is 0 Å². The number of carboxylic acids is 1. The quantitative estimate of drug-likeness (QED) is 0.837. The van der Waals surface area contributed by atoms with E-state index in [4.69, 9.17) is 5.11 Å². The number of H-pyrrole nitrogens is 1. The number of aromatic amines is 1. The molecule has 1 saturated heterocycles. The Hall–Kier alpha value is -2.15. The first-order valence-electron chi connectivity index (χ1n) is 7.86. The molecule has 1 fully saturated rings. The van der Waals surface area contributed by atoms with Gasteiger partial charge in [-0.25, -0.2) is 0 Å². The number of aliphatic carboxylic acids is 1. The molecule has 0 atom stereocenters. The first kappa shape index (κ1) is 16.7. The maximum Gasteiger partial charge on any atom is 0.303 e. The molecule has 1 aromatic carbocycles. The highest BCUT2D eigenvalue weighted by molar-refractivity contribution is 9.10. The van der Waals surface area contributed by atoms with Crippen LogP contribution in [-0.4, -0.2) is 45.2 Å². The first-order valence-corrected chi connectivity index (χ1v) is 8.66. The fourth-order valence-electron chi connectivity index (χ4n) is 3.00. The van der Waals surface area contributed by atoms with Crippen molar-refractivity contribution in [3.63, 3.8) is 0 Å². The third kappa shape index (κ3) is 3.51. The topological polar surface area (TPSA) is 86.3 Å². The number of rotatable bonds is 4. The monoisotopic (exact) mass is 391 g/mol. The Labute approximate surface area is 148 Å². The lowest BCUT2D eigenvalue weighted by Crippen LogP contribution is -2.39. The second-order valence-corrected chi connectivity index (χ2v) is 6.75. The van der Waals surface area contributed by atoms with Gasteiger partial charge in [-0.2, -0.15) is 5.10 Å². The van der Waals surface area contributed by atoms with Crippen LogP contribution < -0.4 is 0 Å². The van der Waals surface area contributed by atoms with E-state index in [0.717, 1.165) is 18.4 Å². The molecule has 0 saturated carbocycles. The van der Waals surface area contributed by atoms with Gasteiger partial charge in [0.25, 0.3) is 5.91 Å². The third-order valence-electron chi connectivity index (χ3n) is 4.33. The second-order valence-electron chi connectivity index (χ2n) is 5.96. The highest BCUT2D eigenvalue weighted by atomic mass is 79.9. The summed E-state index contributed by atoms with van der Waals surface area (Å²) < 4.78 is 0.659. The van der Waals surface area contributed by atoms with Crippen molar-refractivity contribution < 1.29 is 14.7 Å². The van der Waals surface area contributed by atoms with Gasteiger partial charge in [0.15, 0.2) is 0 Å². The Bertz CT molecular complexity index is 737. The lowest BCUT2D eigenvalue weighted by Gasteiger charge is -2.31. The van der Waals surface area contributed by atoms with Gasteiger partial charge in [0.05, 0.1) is 4.47 Å². The highest BCUT2D eigenvalue weighted by Gasteiger charge is 2.28. The summed E-state index contributed by atoms with van der Waals surface area (Å²) in [5.41, 5.74) is 2.07. The smallest absolute Gasteiger partial charge is 0.303 e. The first-order chi connectivity index (χ1) is 11.6. The number of carbonyl (C=O) groups is 2. The molecule has 1 amide bonds. The molecule has 0 spiro atoms. The molecule has 7 heteroatoms. The number of piperidine rings is 1. The van der Waals surface area contributed by atoms with Crippen LogP contribution in [0.15, 0.2) is 34.8 Å². The van der Waals surface area contributed by atoms with E-state index in [0.29, 0.717) is 29.0 Å². The molecule has 1 aliphatic heterocycles. The summed E-state index contributed by atoms with van der Waals surface area (Å²) in [7, 11) is 0. The molecule has 2 aromatic rings. The van der Waals surface area contributed by atoms with Gasteiger partial charge < -0.3 is 10.0 Å². The number of carboxylic acid groups (broad SMARTS) is 1. The van der Waals surface area contributed by atoms with Gasteiger partial charge in [-0.15, -0.1) is 0 Å². The summed E-state index contributed by atoms with van der Waals surface area (Å²) >= 11 is 3.48. The average Bonchev–Trinajstić information content (AvgIpc) is 2.97. The zero-order valence-electron chi connectivity index (χ0n) is 13.0. The van der Waals surface area contributed by atoms with Gasteiger partial charge in [-0.05, 0) is 34.7 Å². The van der Waals surface area contributed by atoms with E-state index in [2.05, 4.69) is 26.1 Å². The largest absolute Gasteiger partial charge is 0.481 e. The number of likely N-dealkylation sites (tertiary alicyclic amines) is 1. The third-order valence-corrected chi connectivity index (χ3v) is 5.11. The summed E-state index contributed by atoms with van der Waals surface area (Å²) in [6, 6.07) is 9.65. The number of halogens is 1. The van der Waals surface area contributed by atoms with Crippen LogP contribution in [0.3, 0.4) is 0 Å². The van der Waals surface area contributed by atoms with Crippen molar-refractivity contribution >= 4 is 27.8 Å². The van der Waals surface area contributed by atoms with Crippen LogP contribution in [0, 0.1) is 5.92 Å². The molecule has 0 unspecified atom stereocenters. The second kappa shape index (κ2) is 7.17. The Morgan fingerprint density at radius 3 is 2.54 bits per heavy atom. The minimum Gasteiger partial charge on any atom is -0.481 e. The van der Waals surface area contributed by atoms with Crippen molar-refractivity contribution in [2.45, 2.75) is 19.3 Å². The fraction of sp³-hybridized carbons (Fsp3) is 0.353. The molecule has 0 radical (unpaired) electrons. The van der Waals surface area contributed by atoms with Crippen molar-refractivity contribution in [1.82, 2.24) is 15.1 Å². The van der Waals surface area contributed by atoms with Gasteiger partial charge in [0, 0.05) is 25.1 Å². The number of hydrogen-bond acceptors (Lipinski definition) is 3. The van der Waals surface area contributed by atoms with E-state index in [-0.39, 0.29) is 18.2 Å². The van der Waals surface area contributed by atoms with E-state index >= 15 is 0 Å². The Morgan fingerprint density at radius 1 is 1.25 bits per heavy atom. The van der Waals surface area contributed by atoms with Crippen molar-refractivity contribution in [1.29, 1.82) is 0 Å². The highest BCUT2D eigenvalue weighted by Crippen LogP contribution is 2.30. The number of nitrogens with one attached hydrogen (secondary N) is 1. The zero-order chi connectivity index (χ0) is 17.1. The molecule has 2 heterocycles. The predicted molar refractivity (Wildman–Crippen MR) is 92.6 cm³/mol. The van der Waals surface area contributed by atoms with Crippen LogP contribution in [0.5, 0.6) is 0 Å². The molecule has 1 aromatic heterocycles. The molecule has 2 N–H and O–H groups in total. The van der Waals surface area contributed by atoms with Crippen LogP contribution in [0.4, 0.5) is 0 Å². The zero-order valence-corrected chi connectivity index (χ0v) is 14.6. The SMILES string of the molecule is O=C(O)CC1CCN(C(=O)c2[nH]nc(-c3ccccc3)c2Br)CC1. The lowest BCUT2D eigenvalue weighted by atomic mass is 9.93. The molecule has 6 nitrogen and oxygen atoms in total. The van der Waals surface area contributed by atoms with Crippen molar-refractivity contribution in [3.8, 4) is 11.3 Å². The molecular weight excluding hydrogens is 374 g/mol. The van der Waals surface area contributed by atoms with Crippen molar-refractivity contribution in [2.24, 2.45) is 5.92 Å². The molecular formula is C17H18BrN3O3. The maximum absolute atomic E-state index is 12.7. The normalized spacial score (nSPS) is 15.5. The minimum absolute atomic E-state index is 0.106. The molecule has 1 aliphatic rings. The molecule has 24 heavy (non-hydrogen) atoms. The maximum atomic E-state index is 12.7. The van der Waals surface area contributed by atoms with Gasteiger partial charge in [-0.3, -0.25) is 14.7 Å². The van der Waals surface area contributed by atoms with E-state index in [1.807, 2.05) is 30.3 Å². The molecule has 126 valence electrons. The van der Waals surface area contributed by atoms with Gasteiger partial charge in [0.1, 0.15) is 11.4 Å². The summed E-state index contributed by atoms with van der Waals surface area (Å²) in [6.07, 6.45) is 1.61. The van der Waals surface area contributed by atoms with Crippen LogP contribution in [0.25, 0.3) is 11.3 Å². The summed E-state index contributed by atoms with van der Waals surface area (Å²) in [6.45, 7) is 1.14. The van der Waals surface area contributed by atoms with Crippen LogP contribution in [-0.2, 0) is 4.79 Å². The fourth-order valence-corrected chi connectivity index (χ4v) is 3.58. The van der Waals surface area contributed by atoms with Crippen LogP contribution in [0.1, 0.15) is 29.8 Å². The number of carbonyl (C=O) groups excluding carboxylic acids is 1. The van der Waals surface area contributed by atoms with Crippen molar-refractivity contribution in [2.75, 3.05) is 13.1 Å². The van der Waals surface area contributed by atoms with E-state index < -0.39 is 5.97 Å². The number of hydrogen-bond donors (Lipinski definition) is 2.